The minimum absolute atomic E-state index is 0.0304. The van der Waals surface area contributed by atoms with E-state index in [1.54, 1.807) is 12.1 Å². The number of hydrogen-bond acceptors (Lipinski definition) is 3. The molecule has 0 saturated carbocycles. The van der Waals surface area contributed by atoms with Gasteiger partial charge in [-0.15, -0.1) is 0 Å². The van der Waals surface area contributed by atoms with Crippen molar-refractivity contribution >= 4 is 5.91 Å². The second-order valence-corrected chi connectivity index (χ2v) is 6.63. The Hall–Kier alpha value is -1.55. The quantitative estimate of drug-likeness (QED) is 0.834. The average molecular weight is 288 g/mol. The number of carbonyl (C=O) groups excluding carboxylic acids is 1. The highest BCUT2D eigenvalue weighted by Gasteiger charge is 2.38. The van der Waals surface area contributed by atoms with E-state index >= 15 is 0 Å². The van der Waals surface area contributed by atoms with Crippen LogP contribution in [0.15, 0.2) is 18.2 Å². The Morgan fingerprint density at radius 2 is 2.14 bits per heavy atom. The van der Waals surface area contributed by atoms with E-state index in [1.165, 1.54) is 19.3 Å². The Kier molecular flexibility index (Phi) is 3.89. The molecule has 4 nitrogen and oxygen atoms in total. The van der Waals surface area contributed by atoms with Crippen molar-refractivity contribution in [3.05, 3.63) is 29.3 Å². The van der Waals surface area contributed by atoms with Gasteiger partial charge in [0.05, 0.1) is 5.56 Å². The number of carbonyl (C=O) groups is 1. The monoisotopic (exact) mass is 288 g/mol. The first kappa shape index (κ1) is 14.4. The lowest BCUT2D eigenvalue weighted by Crippen LogP contribution is -2.52. The van der Waals surface area contributed by atoms with E-state index in [0.717, 1.165) is 38.2 Å². The summed E-state index contributed by atoms with van der Waals surface area (Å²) in [6, 6.07) is 5.29. The Morgan fingerprint density at radius 3 is 2.86 bits per heavy atom. The van der Waals surface area contributed by atoms with Gasteiger partial charge in [0.1, 0.15) is 5.75 Å². The lowest BCUT2D eigenvalue weighted by Gasteiger charge is -2.45. The Bertz CT molecular complexity index is 530. The van der Waals surface area contributed by atoms with Crippen molar-refractivity contribution in [1.29, 1.82) is 0 Å². The minimum Gasteiger partial charge on any atom is -0.507 e. The van der Waals surface area contributed by atoms with Gasteiger partial charge in [0.25, 0.3) is 5.91 Å². The molecule has 1 aromatic rings. The summed E-state index contributed by atoms with van der Waals surface area (Å²) >= 11 is 0. The van der Waals surface area contributed by atoms with Gasteiger partial charge in [0, 0.05) is 25.0 Å². The topological polar surface area (TPSA) is 52.6 Å². The van der Waals surface area contributed by atoms with Gasteiger partial charge in [-0.25, -0.2) is 0 Å². The smallest absolute Gasteiger partial charge is 0.257 e. The summed E-state index contributed by atoms with van der Waals surface area (Å²) < 4.78 is 0. The van der Waals surface area contributed by atoms with E-state index in [0.29, 0.717) is 5.56 Å². The van der Waals surface area contributed by atoms with Gasteiger partial charge in [0.15, 0.2) is 0 Å². The number of phenolic OH excluding ortho intramolecular Hbond substituents is 1. The number of hydrogen-bond donors (Lipinski definition) is 2. The summed E-state index contributed by atoms with van der Waals surface area (Å²) in [6.45, 7) is 5.63. The van der Waals surface area contributed by atoms with Gasteiger partial charge in [-0.2, -0.15) is 0 Å². The van der Waals surface area contributed by atoms with Crippen LogP contribution in [0, 0.1) is 12.3 Å². The van der Waals surface area contributed by atoms with Crippen LogP contribution >= 0.6 is 0 Å². The molecule has 21 heavy (non-hydrogen) atoms. The van der Waals surface area contributed by atoms with Gasteiger partial charge in [-0.05, 0) is 56.8 Å². The predicted octanol–water partition coefficient (Wildman–Crippen LogP) is 2.31. The molecule has 1 aromatic carbocycles. The van der Waals surface area contributed by atoms with Gasteiger partial charge < -0.3 is 15.3 Å². The van der Waals surface area contributed by atoms with Crippen molar-refractivity contribution in [2.45, 2.75) is 32.6 Å². The van der Waals surface area contributed by atoms with Gasteiger partial charge in [-0.1, -0.05) is 6.07 Å². The number of rotatable bonds is 1. The maximum Gasteiger partial charge on any atom is 0.257 e. The van der Waals surface area contributed by atoms with Crippen LogP contribution in [-0.4, -0.2) is 42.1 Å². The van der Waals surface area contributed by atoms with Crippen molar-refractivity contribution in [3.8, 4) is 5.75 Å². The molecule has 0 aliphatic carbocycles. The molecule has 0 bridgehead atoms. The van der Waals surface area contributed by atoms with Crippen LogP contribution in [0.2, 0.25) is 0 Å². The first-order valence-electron chi connectivity index (χ1n) is 7.89. The first-order valence-corrected chi connectivity index (χ1v) is 7.89. The number of benzene rings is 1. The summed E-state index contributed by atoms with van der Waals surface area (Å²) in [5.74, 6) is 0.0681. The third kappa shape index (κ3) is 2.91. The molecule has 0 radical (unpaired) electrons. The molecule has 1 amide bonds. The summed E-state index contributed by atoms with van der Waals surface area (Å²) in [5, 5.41) is 13.5. The maximum atomic E-state index is 12.7. The minimum atomic E-state index is -0.0304. The number of phenols is 1. The number of likely N-dealkylation sites (tertiary alicyclic amines) is 1. The van der Waals surface area contributed by atoms with Crippen molar-refractivity contribution in [2.24, 2.45) is 5.41 Å². The molecule has 2 aliphatic rings. The molecule has 0 aromatic heterocycles. The van der Waals surface area contributed by atoms with Gasteiger partial charge >= 0.3 is 0 Å². The summed E-state index contributed by atoms with van der Waals surface area (Å²) in [5.41, 5.74) is 1.64. The molecular formula is C17H24N2O2. The molecule has 3 rings (SSSR count). The molecule has 2 fully saturated rings. The fraction of sp³-hybridized carbons (Fsp3) is 0.588. The number of aryl methyl sites for hydroxylation is 1. The zero-order chi connectivity index (χ0) is 14.9. The molecule has 1 spiro atoms. The lowest BCUT2D eigenvalue weighted by atomic mass is 9.74. The second-order valence-electron chi connectivity index (χ2n) is 6.63. The highest BCUT2D eigenvalue weighted by atomic mass is 16.3. The molecule has 2 saturated heterocycles. The third-order valence-corrected chi connectivity index (χ3v) is 4.89. The lowest BCUT2D eigenvalue weighted by molar-refractivity contribution is 0.0431. The average Bonchev–Trinajstić information content (AvgIpc) is 2.47. The zero-order valence-electron chi connectivity index (χ0n) is 12.7. The van der Waals surface area contributed by atoms with E-state index < -0.39 is 0 Å². The van der Waals surface area contributed by atoms with Crippen molar-refractivity contribution < 1.29 is 9.90 Å². The maximum absolute atomic E-state index is 12.7. The van der Waals surface area contributed by atoms with Crippen LogP contribution < -0.4 is 5.32 Å². The fourth-order valence-electron chi connectivity index (χ4n) is 3.75. The summed E-state index contributed by atoms with van der Waals surface area (Å²) in [6.07, 6.45) is 4.64. The highest BCUT2D eigenvalue weighted by molar-refractivity contribution is 5.97. The molecular weight excluding hydrogens is 264 g/mol. The molecule has 2 aliphatic heterocycles. The van der Waals surface area contributed by atoms with Crippen molar-refractivity contribution in [3.63, 3.8) is 0 Å². The first-order chi connectivity index (χ1) is 10.1. The second kappa shape index (κ2) is 5.68. The summed E-state index contributed by atoms with van der Waals surface area (Å²) in [4.78, 5) is 14.6. The van der Waals surface area contributed by atoms with Gasteiger partial charge in [-0.3, -0.25) is 4.79 Å². The number of aromatic hydroxyl groups is 1. The van der Waals surface area contributed by atoms with Crippen LogP contribution in [-0.2, 0) is 0 Å². The number of nitrogens with zero attached hydrogens (tertiary/aromatic N) is 1. The van der Waals surface area contributed by atoms with Crippen LogP contribution in [0.4, 0.5) is 0 Å². The largest absolute Gasteiger partial charge is 0.507 e. The fourth-order valence-corrected chi connectivity index (χ4v) is 3.75. The Labute approximate surface area is 126 Å². The summed E-state index contributed by atoms with van der Waals surface area (Å²) in [7, 11) is 0. The van der Waals surface area contributed by atoms with E-state index in [2.05, 4.69) is 5.32 Å². The Morgan fingerprint density at radius 1 is 1.33 bits per heavy atom. The van der Waals surface area contributed by atoms with E-state index in [4.69, 9.17) is 0 Å². The van der Waals surface area contributed by atoms with E-state index in [1.807, 2.05) is 17.9 Å². The van der Waals surface area contributed by atoms with E-state index in [9.17, 15) is 9.90 Å². The molecule has 4 heteroatoms. The molecule has 2 N–H and O–H groups in total. The zero-order valence-corrected chi connectivity index (χ0v) is 12.7. The van der Waals surface area contributed by atoms with Crippen molar-refractivity contribution in [2.75, 3.05) is 26.2 Å². The van der Waals surface area contributed by atoms with Crippen molar-refractivity contribution in [1.82, 2.24) is 10.2 Å². The molecule has 1 atom stereocenters. The molecule has 2 heterocycles. The SMILES string of the molecule is Cc1ccc(C(=O)N2CCCC3(CCCNC3)C2)c(O)c1. The highest BCUT2D eigenvalue weighted by Crippen LogP contribution is 2.36. The van der Waals surface area contributed by atoms with Crippen LogP contribution in [0.5, 0.6) is 5.75 Å². The normalized spacial score (nSPS) is 26.0. The third-order valence-electron chi connectivity index (χ3n) is 4.89. The van der Waals surface area contributed by atoms with Crippen LogP contribution in [0.1, 0.15) is 41.6 Å². The number of nitrogens with one attached hydrogen (secondary N) is 1. The number of amides is 1. The van der Waals surface area contributed by atoms with Gasteiger partial charge in [0.2, 0.25) is 0 Å². The Balaban J connectivity index is 1.77. The van der Waals surface area contributed by atoms with Crippen LogP contribution in [0.25, 0.3) is 0 Å². The van der Waals surface area contributed by atoms with Crippen LogP contribution in [0.3, 0.4) is 0 Å². The predicted molar refractivity (Wildman–Crippen MR) is 82.5 cm³/mol. The molecule has 1 unspecified atom stereocenters. The number of piperidine rings is 2. The standard InChI is InChI=1S/C17H24N2O2/c1-13-4-5-14(15(20)10-13)16(21)19-9-3-7-17(12-19)6-2-8-18-11-17/h4-5,10,18,20H,2-3,6-9,11-12H2,1H3. The molecule has 114 valence electrons. The van der Waals surface area contributed by atoms with E-state index in [-0.39, 0.29) is 17.1 Å².